The van der Waals surface area contributed by atoms with Gasteiger partial charge < -0.3 is 14.8 Å². The Kier molecular flexibility index (Phi) is 4.95. The van der Waals surface area contributed by atoms with Crippen LogP contribution in [0.25, 0.3) is 11.1 Å². The van der Waals surface area contributed by atoms with Crippen molar-refractivity contribution in [1.82, 2.24) is 4.98 Å². The van der Waals surface area contributed by atoms with Crippen LogP contribution in [0, 0.1) is 0 Å². The molecule has 0 atom stereocenters. The maximum Gasteiger partial charge on any atom is 0.255 e. The van der Waals surface area contributed by atoms with E-state index in [9.17, 15) is 4.79 Å². The van der Waals surface area contributed by atoms with Crippen LogP contribution in [0.2, 0.25) is 0 Å². The van der Waals surface area contributed by atoms with Gasteiger partial charge in [-0.05, 0) is 30.3 Å². The fraction of sp³-hybridized carbons (Fsp3) is 0.100. The van der Waals surface area contributed by atoms with Gasteiger partial charge in [0, 0.05) is 34.8 Å². The van der Waals surface area contributed by atoms with Crippen LogP contribution < -0.4 is 14.8 Å². The molecule has 0 fully saturated rings. The Morgan fingerprint density at radius 2 is 1.76 bits per heavy atom. The number of benzene rings is 2. The average Bonchev–Trinajstić information content (AvgIpc) is 2.68. The third kappa shape index (κ3) is 3.61. The van der Waals surface area contributed by atoms with Crippen molar-refractivity contribution in [2.45, 2.75) is 0 Å². The highest BCUT2D eigenvalue weighted by Gasteiger charge is 2.13. The third-order valence-electron chi connectivity index (χ3n) is 3.79. The molecule has 3 rings (SSSR count). The van der Waals surface area contributed by atoms with Crippen molar-refractivity contribution in [3.63, 3.8) is 0 Å². The Balaban J connectivity index is 1.90. The molecular weight excluding hydrogens is 316 g/mol. The number of pyridine rings is 1. The van der Waals surface area contributed by atoms with Crippen molar-refractivity contribution in [3.8, 4) is 22.6 Å². The summed E-state index contributed by atoms with van der Waals surface area (Å²) in [6, 6.07) is 16.5. The van der Waals surface area contributed by atoms with E-state index >= 15 is 0 Å². The van der Waals surface area contributed by atoms with Crippen LogP contribution >= 0.6 is 0 Å². The molecule has 0 saturated heterocycles. The zero-order chi connectivity index (χ0) is 17.6. The van der Waals surface area contributed by atoms with E-state index in [-0.39, 0.29) is 5.91 Å². The number of carbonyl (C=O) groups is 1. The van der Waals surface area contributed by atoms with Crippen molar-refractivity contribution in [3.05, 3.63) is 72.6 Å². The zero-order valence-corrected chi connectivity index (χ0v) is 14.0. The molecule has 0 spiro atoms. The average molecular weight is 334 g/mol. The standard InChI is InChI=1S/C20H18N2O3/c1-24-18-10-9-14(12-19(18)25-2)20(23)22-17-8-4-3-7-16(17)15-6-5-11-21-13-15/h3-13H,1-2H3,(H,22,23). The van der Waals surface area contributed by atoms with Gasteiger partial charge >= 0.3 is 0 Å². The third-order valence-corrected chi connectivity index (χ3v) is 3.79. The lowest BCUT2D eigenvalue weighted by molar-refractivity contribution is 0.102. The molecule has 25 heavy (non-hydrogen) atoms. The summed E-state index contributed by atoms with van der Waals surface area (Å²) < 4.78 is 10.5. The number of hydrogen-bond acceptors (Lipinski definition) is 4. The molecule has 0 aliphatic heterocycles. The summed E-state index contributed by atoms with van der Waals surface area (Å²) in [6.45, 7) is 0. The van der Waals surface area contributed by atoms with E-state index in [4.69, 9.17) is 9.47 Å². The topological polar surface area (TPSA) is 60.5 Å². The summed E-state index contributed by atoms with van der Waals surface area (Å²) in [7, 11) is 3.10. The minimum absolute atomic E-state index is 0.225. The number of ether oxygens (including phenoxy) is 2. The first-order valence-electron chi connectivity index (χ1n) is 7.75. The van der Waals surface area contributed by atoms with E-state index in [0.717, 1.165) is 16.8 Å². The van der Waals surface area contributed by atoms with Crippen molar-refractivity contribution in [2.24, 2.45) is 0 Å². The molecule has 0 bridgehead atoms. The lowest BCUT2D eigenvalue weighted by Gasteiger charge is -2.12. The predicted octanol–water partition coefficient (Wildman–Crippen LogP) is 4.02. The molecule has 1 heterocycles. The van der Waals surface area contributed by atoms with E-state index < -0.39 is 0 Å². The molecule has 1 aromatic heterocycles. The number of amides is 1. The van der Waals surface area contributed by atoms with Gasteiger partial charge in [-0.3, -0.25) is 9.78 Å². The number of para-hydroxylation sites is 1. The van der Waals surface area contributed by atoms with Gasteiger partial charge in [-0.1, -0.05) is 24.3 Å². The van der Waals surface area contributed by atoms with Crippen LogP contribution in [0.15, 0.2) is 67.0 Å². The minimum Gasteiger partial charge on any atom is -0.493 e. The number of rotatable bonds is 5. The highest BCUT2D eigenvalue weighted by atomic mass is 16.5. The molecule has 5 nitrogen and oxygen atoms in total. The van der Waals surface area contributed by atoms with Crippen molar-refractivity contribution in [2.75, 3.05) is 19.5 Å². The van der Waals surface area contributed by atoms with Gasteiger partial charge in [-0.25, -0.2) is 0 Å². The van der Waals surface area contributed by atoms with Gasteiger partial charge in [0.2, 0.25) is 0 Å². The Hall–Kier alpha value is -3.34. The van der Waals surface area contributed by atoms with Crippen LogP contribution in [0.1, 0.15) is 10.4 Å². The molecule has 1 N–H and O–H groups in total. The summed E-state index contributed by atoms with van der Waals surface area (Å²) >= 11 is 0. The Bertz CT molecular complexity index is 879. The fourth-order valence-corrected chi connectivity index (χ4v) is 2.54. The Morgan fingerprint density at radius 1 is 0.960 bits per heavy atom. The molecule has 0 unspecified atom stereocenters. The Morgan fingerprint density at radius 3 is 2.48 bits per heavy atom. The van der Waals surface area contributed by atoms with Crippen LogP contribution in [0.5, 0.6) is 11.5 Å². The van der Waals surface area contributed by atoms with Gasteiger partial charge in [0.05, 0.1) is 14.2 Å². The van der Waals surface area contributed by atoms with Gasteiger partial charge in [-0.2, -0.15) is 0 Å². The molecule has 3 aromatic rings. The molecule has 126 valence electrons. The predicted molar refractivity (Wildman–Crippen MR) is 97.2 cm³/mol. The number of anilines is 1. The summed E-state index contributed by atoms with van der Waals surface area (Å²) in [5, 5.41) is 2.95. The summed E-state index contributed by atoms with van der Waals surface area (Å²) in [6.07, 6.45) is 3.48. The molecule has 1 amide bonds. The van der Waals surface area contributed by atoms with Crippen LogP contribution in [0.4, 0.5) is 5.69 Å². The number of nitrogens with zero attached hydrogens (tertiary/aromatic N) is 1. The largest absolute Gasteiger partial charge is 0.493 e. The first-order valence-corrected chi connectivity index (χ1v) is 7.75. The number of hydrogen-bond donors (Lipinski definition) is 1. The number of nitrogens with one attached hydrogen (secondary N) is 1. The number of carbonyl (C=O) groups excluding carboxylic acids is 1. The lowest BCUT2D eigenvalue weighted by atomic mass is 10.1. The molecular formula is C20H18N2O3. The number of aromatic nitrogens is 1. The maximum absolute atomic E-state index is 12.6. The van der Waals surface area contributed by atoms with Gasteiger partial charge in [0.1, 0.15) is 0 Å². The van der Waals surface area contributed by atoms with Crippen LogP contribution in [0.3, 0.4) is 0 Å². The molecule has 5 heteroatoms. The molecule has 0 aliphatic carbocycles. The smallest absolute Gasteiger partial charge is 0.255 e. The lowest BCUT2D eigenvalue weighted by Crippen LogP contribution is -2.12. The van der Waals surface area contributed by atoms with Gasteiger partial charge in [0.25, 0.3) is 5.91 Å². The van der Waals surface area contributed by atoms with Gasteiger partial charge in [0.15, 0.2) is 11.5 Å². The molecule has 0 aliphatic rings. The van der Waals surface area contributed by atoms with E-state index in [1.165, 1.54) is 7.11 Å². The van der Waals surface area contributed by atoms with Crippen molar-refractivity contribution < 1.29 is 14.3 Å². The summed E-state index contributed by atoms with van der Waals surface area (Å²) in [4.78, 5) is 16.8. The maximum atomic E-state index is 12.6. The molecule has 2 aromatic carbocycles. The summed E-state index contributed by atoms with van der Waals surface area (Å²) in [5.74, 6) is 0.864. The molecule has 0 saturated carbocycles. The van der Waals surface area contributed by atoms with Crippen molar-refractivity contribution >= 4 is 11.6 Å². The van der Waals surface area contributed by atoms with E-state index in [2.05, 4.69) is 10.3 Å². The Labute approximate surface area is 146 Å². The normalized spacial score (nSPS) is 10.2. The highest BCUT2D eigenvalue weighted by Crippen LogP contribution is 2.30. The van der Waals surface area contributed by atoms with Gasteiger partial charge in [-0.15, -0.1) is 0 Å². The quantitative estimate of drug-likeness (QED) is 0.765. The first-order chi connectivity index (χ1) is 12.2. The highest BCUT2D eigenvalue weighted by molar-refractivity contribution is 6.06. The van der Waals surface area contributed by atoms with Crippen LogP contribution in [-0.4, -0.2) is 25.1 Å². The van der Waals surface area contributed by atoms with E-state index in [1.807, 2.05) is 36.4 Å². The minimum atomic E-state index is -0.225. The van der Waals surface area contributed by atoms with Crippen molar-refractivity contribution in [1.29, 1.82) is 0 Å². The number of methoxy groups -OCH3 is 2. The zero-order valence-electron chi connectivity index (χ0n) is 14.0. The SMILES string of the molecule is COc1ccc(C(=O)Nc2ccccc2-c2cccnc2)cc1OC. The summed E-state index contributed by atoms with van der Waals surface area (Å²) in [5.41, 5.74) is 3.05. The monoisotopic (exact) mass is 334 g/mol. The van der Waals surface area contributed by atoms with E-state index in [0.29, 0.717) is 17.1 Å². The second kappa shape index (κ2) is 7.49. The second-order valence-corrected chi connectivity index (χ2v) is 5.31. The second-order valence-electron chi connectivity index (χ2n) is 5.31. The molecule has 0 radical (unpaired) electrons. The van der Waals surface area contributed by atoms with Crippen LogP contribution in [-0.2, 0) is 0 Å². The fourth-order valence-electron chi connectivity index (χ4n) is 2.54. The first kappa shape index (κ1) is 16.5. The van der Waals surface area contributed by atoms with E-state index in [1.54, 1.807) is 37.7 Å².